The van der Waals surface area contributed by atoms with Gasteiger partial charge in [0.15, 0.2) is 23.2 Å². The maximum Gasteiger partial charge on any atom is 0.326 e. The normalized spacial score (nSPS) is 26.2. The number of aliphatic hydroxyl groups excluding tert-OH is 1. The number of aliphatic hydroxyl groups is 2. The van der Waals surface area contributed by atoms with Crippen molar-refractivity contribution in [3.8, 4) is 5.75 Å². The van der Waals surface area contributed by atoms with Crippen LogP contribution in [0.1, 0.15) is 38.8 Å². The van der Waals surface area contributed by atoms with E-state index in [1.165, 1.54) is 29.9 Å². The first-order valence-corrected chi connectivity index (χ1v) is 17.7. The Morgan fingerprint density at radius 1 is 1.28 bits per heavy atom. The summed E-state index contributed by atoms with van der Waals surface area (Å²) in [4.78, 5) is 27.9. The number of anilines is 2. The van der Waals surface area contributed by atoms with Gasteiger partial charge in [-0.2, -0.15) is 9.97 Å². The van der Waals surface area contributed by atoms with Crippen LogP contribution in [0.5, 0.6) is 5.75 Å². The predicted octanol–water partition coefficient (Wildman–Crippen LogP) is 1.12. The topological polar surface area (TPSA) is 226 Å². The van der Waals surface area contributed by atoms with Gasteiger partial charge < -0.3 is 34.5 Å². The van der Waals surface area contributed by atoms with Gasteiger partial charge in [-0.1, -0.05) is 11.6 Å². The summed E-state index contributed by atoms with van der Waals surface area (Å²) in [5, 5.41) is 27.7. The third-order valence-electron chi connectivity index (χ3n) is 7.82. The summed E-state index contributed by atoms with van der Waals surface area (Å²) in [5.41, 5.74) is 3.54. The molecule has 46 heavy (non-hydrogen) atoms. The Morgan fingerprint density at radius 3 is 2.59 bits per heavy atom. The number of hydrogen-bond donors (Lipinski definition) is 5. The maximum absolute atomic E-state index is 12.4. The molecule has 1 saturated heterocycles. The summed E-state index contributed by atoms with van der Waals surface area (Å²) in [7, 11) is -4.35. The Labute approximate surface area is 270 Å². The van der Waals surface area contributed by atoms with E-state index in [1.54, 1.807) is 24.3 Å². The first-order valence-electron chi connectivity index (χ1n) is 14.3. The van der Waals surface area contributed by atoms with Crippen molar-refractivity contribution >= 4 is 59.0 Å². The molecule has 3 fully saturated rings. The number of carbonyl (C=O) groups is 1. The smallest absolute Gasteiger partial charge is 0.326 e. The summed E-state index contributed by atoms with van der Waals surface area (Å²) in [6, 6.07) is 6.41. The van der Waals surface area contributed by atoms with Crippen molar-refractivity contribution in [3.63, 3.8) is 0 Å². The van der Waals surface area contributed by atoms with E-state index in [0.717, 1.165) is 19.1 Å². The minimum Gasteiger partial charge on any atom is -0.468 e. The number of hydrogen-bond acceptors (Lipinski definition) is 15. The molecule has 2 saturated carbocycles. The van der Waals surface area contributed by atoms with Crippen molar-refractivity contribution in [2.75, 3.05) is 30.7 Å². The molecule has 6 rings (SSSR count). The van der Waals surface area contributed by atoms with Gasteiger partial charge in [0.25, 0.3) is 0 Å². The number of benzene rings is 1. The highest BCUT2D eigenvalue weighted by atomic mass is 35.5. The molecule has 1 aromatic carbocycles. The molecule has 250 valence electrons. The Bertz CT molecular complexity index is 1720. The molecule has 5 atom stereocenters. The molecule has 3 aliphatic rings. The summed E-state index contributed by atoms with van der Waals surface area (Å²) >= 11 is 6.00. The molecular weight excluding hydrogens is 667 g/mol. The molecule has 17 nitrogen and oxygen atoms in total. The quantitative estimate of drug-likeness (QED) is 0.0957. The first kappa shape index (κ1) is 33.0. The maximum atomic E-state index is 12.4. The highest BCUT2D eigenvalue weighted by Gasteiger charge is 2.56. The average Bonchev–Trinajstić information content (AvgIpc) is 3.92. The summed E-state index contributed by atoms with van der Waals surface area (Å²) < 4.78 is 48.8. The largest absolute Gasteiger partial charge is 0.468 e. The number of esters is 1. The van der Waals surface area contributed by atoms with E-state index in [4.69, 9.17) is 35.9 Å². The van der Waals surface area contributed by atoms with Crippen LogP contribution in [0.25, 0.3) is 11.2 Å². The Kier molecular flexibility index (Phi) is 8.79. The van der Waals surface area contributed by atoms with Crippen molar-refractivity contribution in [1.29, 1.82) is 0 Å². The van der Waals surface area contributed by atoms with Crippen molar-refractivity contribution < 1.29 is 41.9 Å². The monoisotopic (exact) mass is 700 g/mol. The third-order valence-corrected chi connectivity index (χ3v) is 9.97. The summed E-state index contributed by atoms with van der Waals surface area (Å²) in [6.07, 6.45) is 1.11. The number of methoxy groups -OCH3 is 1. The predicted molar refractivity (Wildman–Crippen MR) is 166 cm³/mol. The standard InChI is InChI=1S/C26H34ClN8O9PS/c1-25(38)19(36)17(12-42-45(32-26(10-11-26)23(37)41-2)44-16-8-4-14(27)5-9-16)43-22(25)34-13-29-18-20(34)30-24(28)31-21(18)35(15-6-7-15)33-46(3,39)40/h4-5,8-9,13,15,17,19,22,32-33,36,38H,6-7,10-12H2,1-3H3,(H2,28,30,31)/t17?,19-,22?,25-,45?/m1/s1. The van der Waals surface area contributed by atoms with Crippen LogP contribution in [0, 0.1) is 0 Å². The van der Waals surface area contributed by atoms with Gasteiger partial charge in [0.2, 0.25) is 16.0 Å². The molecule has 0 bridgehead atoms. The van der Waals surface area contributed by atoms with Gasteiger partial charge in [0, 0.05) is 11.1 Å². The number of nitrogens with two attached hydrogens (primary N) is 1. The average molecular weight is 701 g/mol. The fourth-order valence-corrected chi connectivity index (χ4v) is 7.25. The van der Waals surface area contributed by atoms with Crippen LogP contribution >= 0.6 is 20.1 Å². The van der Waals surface area contributed by atoms with Crippen molar-refractivity contribution in [1.82, 2.24) is 29.4 Å². The van der Waals surface area contributed by atoms with Crippen molar-refractivity contribution in [3.05, 3.63) is 35.6 Å². The third kappa shape index (κ3) is 6.72. The number of ether oxygens (including phenoxy) is 2. The SMILES string of the molecule is COC(=O)C1(NP(OCC2OC(n3cnc4c(N(NS(C)(=O)=O)C5CC5)nc(N)nc43)[C@](C)(O)[C@@H]2O)Oc2ccc(Cl)cc2)CC1. The molecule has 0 amide bonds. The molecule has 2 aliphatic carbocycles. The molecule has 3 heterocycles. The molecule has 6 N–H and O–H groups in total. The van der Waals surface area contributed by atoms with E-state index in [0.29, 0.717) is 23.6 Å². The van der Waals surface area contributed by atoms with Gasteiger partial charge in [0.05, 0.1) is 26.3 Å². The van der Waals surface area contributed by atoms with E-state index in [-0.39, 0.29) is 35.6 Å². The summed E-state index contributed by atoms with van der Waals surface area (Å²) in [6.45, 7) is 1.14. The van der Waals surface area contributed by atoms with Gasteiger partial charge in [0.1, 0.15) is 29.1 Å². The lowest BCUT2D eigenvalue weighted by molar-refractivity contribution is -0.143. The van der Waals surface area contributed by atoms with E-state index >= 15 is 0 Å². The number of imidazole rings is 1. The number of aromatic nitrogens is 4. The fraction of sp³-hybridized carbons (Fsp3) is 0.538. The van der Waals surface area contributed by atoms with Crippen LogP contribution in [0.2, 0.25) is 5.02 Å². The van der Waals surface area contributed by atoms with Crippen LogP contribution in [-0.4, -0.2) is 93.5 Å². The zero-order valence-corrected chi connectivity index (χ0v) is 27.5. The van der Waals surface area contributed by atoms with Gasteiger partial charge in [-0.3, -0.25) is 14.4 Å². The zero-order chi connectivity index (χ0) is 33.0. The molecular formula is C26H34ClN8O9PS. The minimum absolute atomic E-state index is 0.142. The second-order valence-electron chi connectivity index (χ2n) is 11.7. The Hall–Kier alpha value is -2.93. The Balaban J connectivity index is 1.24. The van der Waals surface area contributed by atoms with E-state index in [1.807, 2.05) is 0 Å². The van der Waals surface area contributed by atoms with Crippen LogP contribution < -0.4 is 25.2 Å². The van der Waals surface area contributed by atoms with Crippen LogP contribution in [0.4, 0.5) is 11.8 Å². The molecule has 0 spiro atoms. The number of halogens is 1. The number of sulfonamides is 1. The minimum atomic E-state index is -3.67. The number of rotatable bonds is 13. The number of fused-ring (bicyclic) bond motifs is 1. The fourth-order valence-electron chi connectivity index (χ4n) is 5.11. The van der Waals surface area contributed by atoms with Crippen LogP contribution in [-0.2, 0) is 28.8 Å². The zero-order valence-electron chi connectivity index (χ0n) is 25.0. The lowest BCUT2D eigenvalue weighted by Crippen LogP contribution is -2.44. The summed E-state index contributed by atoms with van der Waals surface area (Å²) in [5.74, 6) is -0.0602. The van der Waals surface area contributed by atoms with E-state index < -0.39 is 54.1 Å². The van der Waals surface area contributed by atoms with Crippen molar-refractivity contribution in [2.45, 2.75) is 68.2 Å². The molecule has 2 aromatic heterocycles. The number of hydrazine groups is 1. The first-order chi connectivity index (χ1) is 21.7. The molecule has 0 radical (unpaired) electrons. The van der Waals surface area contributed by atoms with Crippen LogP contribution in [0.15, 0.2) is 30.6 Å². The number of carbonyl (C=O) groups excluding carboxylic acids is 1. The lowest BCUT2D eigenvalue weighted by atomic mass is 9.96. The van der Waals surface area contributed by atoms with E-state index in [9.17, 15) is 23.4 Å². The van der Waals surface area contributed by atoms with Gasteiger partial charge in [-0.15, -0.1) is 4.83 Å². The molecule has 3 aromatic rings. The molecule has 1 aliphatic heterocycles. The van der Waals surface area contributed by atoms with E-state index in [2.05, 4.69) is 24.9 Å². The van der Waals surface area contributed by atoms with Gasteiger partial charge in [-0.05, 0) is 56.9 Å². The van der Waals surface area contributed by atoms with Crippen LogP contribution in [0.3, 0.4) is 0 Å². The number of nitrogens with zero attached hydrogens (tertiary/aromatic N) is 5. The van der Waals surface area contributed by atoms with Gasteiger partial charge >= 0.3 is 14.5 Å². The second-order valence-corrected chi connectivity index (χ2v) is 15.0. The highest BCUT2D eigenvalue weighted by Crippen LogP contribution is 2.48. The van der Waals surface area contributed by atoms with Crippen molar-refractivity contribution in [2.24, 2.45) is 0 Å². The number of nitrogens with one attached hydrogen (secondary N) is 2. The van der Waals surface area contributed by atoms with Gasteiger partial charge in [-0.25, -0.2) is 18.5 Å². The Morgan fingerprint density at radius 2 is 1.98 bits per heavy atom. The number of nitrogen functional groups attached to an aromatic ring is 1. The molecule has 20 heteroatoms. The second kappa shape index (κ2) is 12.3. The highest BCUT2D eigenvalue weighted by molar-refractivity contribution is 7.88. The molecule has 3 unspecified atom stereocenters. The lowest BCUT2D eigenvalue weighted by Gasteiger charge is -2.27.